The van der Waals surface area contributed by atoms with E-state index in [1.807, 2.05) is 6.07 Å². The molecular weight excluding hydrogens is 268 g/mol. The van der Waals surface area contributed by atoms with Crippen molar-refractivity contribution in [2.45, 2.75) is 19.8 Å². The maximum absolute atomic E-state index is 11.2. The summed E-state index contributed by atoms with van der Waals surface area (Å²) < 4.78 is 4.99. The lowest BCUT2D eigenvalue weighted by molar-refractivity contribution is 0.199. The fraction of sp³-hybridized carbons (Fsp3) is 0.533. The third-order valence-electron chi connectivity index (χ3n) is 4.21. The largest absolute Gasteiger partial charge is 0.417 e. The van der Waals surface area contributed by atoms with Gasteiger partial charge >= 0.3 is 5.76 Å². The number of nitrogens with zero attached hydrogens (tertiary/aromatic N) is 1. The fourth-order valence-corrected chi connectivity index (χ4v) is 2.80. The molecule has 1 fully saturated rings. The first-order valence-corrected chi connectivity index (χ1v) is 7.50. The fourth-order valence-electron chi connectivity index (χ4n) is 2.80. The van der Waals surface area contributed by atoms with Gasteiger partial charge in [-0.3, -0.25) is 4.98 Å². The van der Waals surface area contributed by atoms with Crippen molar-refractivity contribution < 1.29 is 4.42 Å². The topological polar surface area (TPSA) is 87.3 Å². The van der Waals surface area contributed by atoms with E-state index >= 15 is 0 Å². The van der Waals surface area contributed by atoms with Crippen LogP contribution in [0.4, 0.5) is 11.4 Å². The first-order chi connectivity index (χ1) is 10.1. The summed E-state index contributed by atoms with van der Waals surface area (Å²) in [5.41, 5.74) is 8.58. The summed E-state index contributed by atoms with van der Waals surface area (Å²) in [5.74, 6) is 0.397. The second-order valence-electron chi connectivity index (χ2n) is 5.90. The van der Waals surface area contributed by atoms with Crippen LogP contribution in [0.3, 0.4) is 0 Å². The number of piperidine rings is 1. The minimum Gasteiger partial charge on any atom is -0.408 e. The molecule has 21 heavy (non-hydrogen) atoms. The summed E-state index contributed by atoms with van der Waals surface area (Å²) in [6.07, 6.45) is 2.56. The molecule has 0 amide bonds. The molecule has 0 radical (unpaired) electrons. The number of nitrogens with one attached hydrogen (secondary N) is 2. The quantitative estimate of drug-likeness (QED) is 0.748. The van der Waals surface area contributed by atoms with Gasteiger partial charge in [0.15, 0.2) is 5.58 Å². The van der Waals surface area contributed by atoms with Gasteiger partial charge < -0.3 is 20.4 Å². The number of aromatic nitrogens is 1. The van der Waals surface area contributed by atoms with E-state index in [0.29, 0.717) is 16.8 Å². The molecule has 0 unspecified atom stereocenters. The molecule has 0 atom stereocenters. The Balaban J connectivity index is 1.60. The summed E-state index contributed by atoms with van der Waals surface area (Å²) >= 11 is 0. The molecule has 1 aromatic carbocycles. The Hall–Kier alpha value is -1.95. The van der Waals surface area contributed by atoms with Gasteiger partial charge in [0.25, 0.3) is 0 Å². The third-order valence-corrected chi connectivity index (χ3v) is 4.21. The van der Waals surface area contributed by atoms with Gasteiger partial charge in [0.2, 0.25) is 0 Å². The summed E-state index contributed by atoms with van der Waals surface area (Å²) in [7, 11) is 0. The average Bonchev–Trinajstić information content (AvgIpc) is 2.80. The number of benzene rings is 1. The van der Waals surface area contributed by atoms with Crippen LogP contribution < -0.4 is 16.8 Å². The number of rotatable bonds is 4. The minimum atomic E-state index is -0.455. The van der Waals surface area contributed by atoms with Crippen LogP contribution in [0.5, 0.6) is 0 Å². The third kappa shape index (κ3) is 3.21. The highest BCUT2D eigenvalue weighted by Gasteiger charge is 2.15. The molecule has 6 heteroatoms. The van der Waals surface area contributed by atoms with Crippen molar-refractivity contribution in [3.05, 3.63) is 22.7 Å². The van der Waals surface area contributed by atoms with Crippen molar-refractivity contribution in [2.24, 2.45) is 5.92 Å². The van der Waals surface area contributed by atoms with Crippen LogP contribution in [-0.2, 0) is 0 Å². The second-order valence-corrected chi connectivity index (χ2v) is 5.90. The van der Waals surface area contributed by atoms with E-state index in [-0.39, 0.29) is 0 Å². The van der Waals surface area contributed by atoms with Gasteiger partial charge in [-0.25, -0.2) is 4.79 Å². The number of hydrogen-bond donors (Lipinski definition) is 3. The van der Waals surface area contributed by atoms with E-state index < -0.39 is 5.76 Å². The molecule has 0 aliphatic carbocycles. The molecule has 0 bridgehead atoms. The van der Waals surface area contributed by atoms with E-state index in [1.54, 1.807) is 6.07 Å². The Morgan fingerprint density at radius 3 is 2.95 bits per heavy atom. The smallest absolute Gasteiger partial charge is 0.408 e. The van der Waals surface area contributed by atoms with Crippen molar-refractivity contribution in [3.63, 3.8) is 0 Å². The van der Waals surface area contributed by atoms with Crippen LogP contribution in [0.25, 0.3) is 11.1 Å². The second kappa shape index (κ2) is 5.81. The maximum atomic E-state index is 11.2. The molecule has 2 heterocycles. The predicted molar refractivity (Wildman–Crippen MR) is 84.6 cm³/mol. The van der Waals surface area contributed by atoms with Gasteiger partial charge in [0.1, 0.15) is 0 Å². The van der Waals surface area contributed by atoms with Gasteiger partial charge in [-0.2, -0.15) is 0 Å². The molecule has 3 rings (SSSR count). The lowest BCUT2D eigenvalue weighted by atomic mass is 9.99. The van der Waals surface area contributed by atoms with Crippen molar-refractivity contribution in [2.75, 3.05) is 37.2 Å². The minimum absolute atomic E-state index is 0.455. The van der Waals surface area contributed by atoms with Crippen LogP contribution in [0.2, 0.25) is 0 Å². The van der Waals surface area contributed by atoms with Gasteiger partial charge in [0, 0.05) is 19.2 Å². The number of aromatic amines is 1. The zero-order chi connectivity index (χ0) is 14.8. The van der Waals surface area contributed by atoms with Crippen molar-refractivity contribution in [1.29, 1.82) is 0 Å². The lowest BCUT2D eigenvalue weighted by Crippen LogP contribution is -2.36. The zero-order valence-corrected chi connectivity index (χ0v) is 12.3. The first kappa shape index (κ1) is 14.0. The van der Waals surface area contributed by atoms with E-state index in [4.69, 9.17) is 10.2 Å². The van der Waals surface area contributed by atoms with Crippen molar-refractivity contribution in [1.82, 2.24) is 9.88 Å². The van der Waals surface area contributed by atoms with Gasteiger partial charge in [-0.05, 0) is 37.9 Å². The molecule has 2 aromatic rings. The molecule has 114 valence electrons. The van der Waals surface area contributed by atoms with E-state index in [9.17, 15) is 4.79 Å². The number of H-pyrrole nitrogens is 1. The molecule has 1 aliphatic rings. The van der Waals surface area contributed by atoms with E-state index in [1.165, 1.54) is 25.9 Å². The van der Waals surface area contributed by atoms with Crippen LogP contribution in [-0.4, -0.2) is 36.1 Å². The van der Waals surface area contributed by atoms with Gasteiger partial charge in [0.05, 0.1) is 16.9 Å². The highest BCUT2D eigenvalue weighted by Crippen LogP contribution is 2.24. The lowest BCUT2D eigenvalue weighted by Gasteiger charge is -2.30. The molecule has 1 saturated heterocycles. The number of anilines is 2. The molecular formula is C15H22N4O2. The molecule has 6 nitrogen and oxygen atoms in total. The Bertz CT molecular complexity index is 668. The predicted octanol–water partition coefficient (Wildman–Crippen LogP) is 1.85. The highest BCUT2D eigenvalue weighted by atomic mass is 16.4. The average molecular weight is 290 g/mol. The van der Waals surface area contributed by atoms with Crippen molar-refractivity contribution >= 4 is 22.5 Å². The summed E-state index contributed by atoms with van der Waals surface area (Å²) in [6, 6.07) is 3.51. The number of nitrogen functional groups attached to an aromatic ring is 1. The number of fused-ring (bicyclic) bond motifs is 1. The van der Waals surface area contributed by atoms with Crippen LogP contribution in [0.15, 0.2) is 21.3 Å². The Morgan fingerprint density at radius 1 is 1.43 bits per heavy atom. The Morgan fingerprint density at radius 2 is 2.19 bits per heavy atom. The van der Waals surface area contributed by atoms with Crippen LogP contribution in [0.1, 0.15) is 19.8 Å². The van der Waals surface area contributed by atoms with Gasteiger partial charge in [-0.1, -0.05) is 6.92 Å². The summed E-state index contributed by atoms with van der Waals surface area (Å²) in [5, 5.41) is 3.34. The van der Waals surface area contributed by atoms with Crippen LogP contribution in [0, 0.1) is 5.92 Å². The molecule has 1 aromatic heterocycles. The van der Waals surface area contributed by atoms with E-state index in [2.05, 4.69) is 22.1 Å². The zero-order valence-electron chi connectivity index (χ0n) is 12.3. The number of hydrogen-bond acceptors (Lipinski definition) is 5. The SMILES string of the molecule is CC1CCN(CCNc2cc3[nH]c(=O)oc3cc2N)CC1. The van der Waals surface area contributed by atoms with E-state index in [0.717, 1.165) is 24.7 Å². The Labute approximate surface area is 123 Å². The van der Waals surface area contributed by atoms with Gasteiger partial charge in [-0.15, -0.1) is 0 Å². The number of likely N-dealkylation sites (tertiary alicyclic amines) is 1. The number of nitrogens with two attached hydrogens (primary N) is 1. The monoisotopic (exact) mass is 290 g/mol. The number of oxazole rings is 1. The Kier molecular flexibility index (Phi) is 3.88. The molecule has 0 spiro atoms. The summed E-state index contributed by atoms with van der Waals surface area (Å²) in [4.78, 5) is 16.3. The molecule has 0 saturated carbocycles. The first-order valence-electron chi connectivity index (χ1n) is 7.50. The van der Waals surface area contributed by atoms with Crippen molar-refractivity contribution in [3.8, 4) is 0 Å². The highest BCUT2D eigenvalue weighted by molar-refractivity contribution is 5.85. The maximum Gasteiger partial charge on any atom is 0.417 e. The normalized spacial score (nSPS) is 17.4. The van der Waals surface area contributed by atoms with Crippen LogP contribution >= 0.6 is 0 Å². The summed E-state index contributed by atoms with van der Waals surface area (Å²) in [6.45, 7) is 6.51. The molecule has 4 N–H and O–H groups in total. The molecule has 1 aliphatic heterocycles. The standard InChI is InChI=1S/C15H22N4O2/c1-10-2-5-19(6-3-10)7-4-17-12-9-13-14(8-11(12)16)21-15(20)18-13/h8-10,17H,2-7,16H2,1H3,(H,18,20).